The first-order valence-corrected chi connectivity index (χ1v) is 9.72. The number of anilines is 3. The quantitative estimate of drug-likeness (QED) is 0.447. The second-order valence-electron chi connectivity index (χ2n) is 6.99. The van der Waals surface area contributed by atoms with Gasteiger partial charge in [-0.1, -0.05) is 0 Å². The molecule has 0 saturated carbocycles. The molecule has 0 unspecified atom stereocenters. The van der Waals surface area contributed by atoms with E-state index in [-0.39, 0.29) is 0 Å². The van der Waals surface area contributed by atoms with Gasteiger partial charge in [-0.3, -0.25) is 0 Å². The van der Waals surface area contributed by atoms with Crippen molar-refractivity contribution in [3.05, 3.63) is 41.5 Å². The van der Waals surface area contributed by atoms with Crippen molar-refractivity contribution in [2.45, 2.75) is 25.7 Å². The van der Waals surface area contributed by atoms with Crippen LogP contribution in [0.2, 0.25) is 0 Å². The number of nitrogens with zero attached hydrogens (tertiary/aromatic N) is 1. The van der Waals surface area contributed by atoms with Gasteiger partial charge in [0.2, 0.25) is 0 Å². The fourth-order valence-electron chi connectivity index (χ4n) is 4.10. The molecule has 1 aliphatic rings. The molecule has 6 heteroatoms. The average molecular weight is 358 g/mol. The SMILES string of the molecule is Nc1bc2ccc(-c3nc4ccc(N)c(N)c4c4c3CCCC4)cc2s1. The van der Waals surface area contributed by atoms with E-state index in [0.29, 0.717) is 11.4 Å². The molecular weight excluding hydrogens is 339 g/mol. The van der Waals surface area contributed by atoms with Crippen LogP contribution in [-0.4, -0.2) is 11.9 Å². The van der Waals surface area contributed by atoms with E-state index in [1.165, 1.54) is 33.9 Å². The summed E-state index contributed by atoms with van der Waals surface area (Å²) in [5.41, 5.74) is 25.5. The van der Waals surface area contributed by atoms with Gasteiger partial charge in [-0.25, -0.2) is 0 Å². The molecule has 4 nitrogen and oxygen atoms in total. The summed E-state index contributed by atoms with van der Waals surface area (Å²) in [6.07, 6.45) is 4.43. The molecule has 1 aliphatic carbocycles. The number of aryl methyl sites for hydroxylation is 1. The molecule has 2 aromatic carbocycles. The third kappa shape index (κ3) is 2.29. The number of fused-ring (bicyclic) bond motifs is 4. The topological polar surface area (TPSA) is 90.9 Å². The van der Waals surface area contributed by atoms with Crippen molar-refractivity contribution < 1.29 is 0 Å². The van der Waals surface area contributed by atoms with Crippen molar-refractivity contribution in [3.63, 3.8) is 0 Å². The molecule has 128 valence electrons. The van der Waals surface area contributed by atoms with Crippen LogP contribution in [0, 0.1) is 0 Å². The fraction of sp³-hybridized carbons (Fsp3) is 0.200. The van der Waals surface area contributed by atoms with Gasteiger partial charge in [0.1, 0.15) is 0 Å². The molecule has 0 aliphatic heterocycles. The Kier molecular flexibility index (Phi) is 3.43. The van der Waals surface area contributed by atoms with Crippen LogP contribution in [0.15, 0.2) is 30.3 Å². The number of hydrogen-bond acceptors (Lipinski definition) is 5. The van der Waals surface area contributed by atoms with Crippen molar-refractivity contribution in [2.24, 2.45) is 0 Å². The zero-order valence-corrected chi connectivity index (χ0v) is 15.2. The van der Waals surface area contributed by atoms with Crippen molar-refractivity contribution in [3.8, 4) is 11.3 Å². The maximum absolute atomic E-state index is 6.33. The Labute approximate surface area is 156 Å². The summed E-state index contributed by atoms with van der Waals surface area (Å²) < 4.78 is 1.20. The van der Waals surface area contributed by atoms with Crippen LogP contribution in [-0.2, 0) is 12.8 Å². The number of benzene rings is 2. The van der Waals surface area contributed by atoms with Crippen molar-refractivity contribution in [1.82, 2.24) is 4.98 Å². The molecule has 0 atom stereocenters. The van der Waals surface area contributed by atoms with E-state index in [1.54, 1.807) is 11.3 Å². The van der Waals surface area contributed by atoms with Crippen LogP contribution < -0.4 is 17.2 Å². The predicted octanol–water partition coefficient (Wildman–Crippen LogP) is 4.08. The predicted molar refractivity (Wildman–Crippen MR) is 114 cm³/mol. The first-order valence-electron chi connectivity index (χ1n) is 8.90. The van der Waals surface area contributed by atoms with E-state index < -0.39 is 0 Å². The Bertz CT molecular complexity index is 1180. The summed E-state index contributed by atoms with van der Waals surface area (Å²) in [6, 6.07) is 10.3. The second kappa shape index (κ2) is 5.71. The van der Waals surface area contributed by atoms with Gasteiger partial charge in [0.15, 0.2) is 0 Å². The summed E-state index contributed by atoms with van der Waals surface area (Å²) in [7, 11) is 0. The number of aromatic nitrogens is 1. The second-order valence-corrected chi connectivity index (χ2v) is 8.10. The molecule has 0 radical (unpaired) electrons. The number of hydrogen-bond donors (Lipinski definition) is 3. The molecule has 0 amide bonds. The zero-order chi connectivity index (χ0) is 17.8. The minimum absolute atomic E-state index is 0.635. The van der Waals surface area contributed by atoms with Gasteiger partial charge in [0, 0.05) is 0 Å². The molecule has 2 aromatic heterocycles. The van der Waals surface area contributed by atoms with Crippen LogP contribution in [0.25, 0.3) is 32.1 Å². The van der Waals surface area contributed by atoms with E-state index in [9.17, 15) is 0 Å². The Morgan fingerprint density at radius 1 is 0.962 bits per heavy atom. The first-order chi connectivity index (χ1) is 12.6. The molecule has 5 rings (SSSR count). The van der Waals surface area contributed by atoms with Crippen LogP contribution in [0.1, 0.15) is 24.0 Å². The molecule has 0 spiro atoms. The number of rotatable bonds is 1. The van der Waals surface area contributed by atoms with Crippen LogP contribution in [0.5, 0.6) is 0 Å². The van der Waals surface area contributed by atoms with Crippen LogP contribution in [0.3, 0.4) is 0 Å². The Balaban J connectivity index is 1.83. The average Bonchev–Trinajstić information content (AvgIpc) is 3.03. The Morgan fingerprint density at radius 2 is 1.77 bits per heavy atom. The molecule has 0 fully saturated rings. The first kappa shape index (κ1) is 15.6. The maximum atomic E-state index is 6.33. The van der Waals surface area contributed by atoms with Crippen LogP contribution in [0.4, 0.5) is 16.3 Å². The van der Waals surface area contributed by atoms with Gasteiger partial charge in [0.05, 0.1) is 0 Å². The van der Waals surface area contributed by atoms with Crippen LogP contribution >= 0.6 is 11.3 Å². The van der Waals surface area contributed by atoms with Crippen molar-refractivity contribution in [1.29, 1.82) is 0 Å². The third-order valence-electron chi connectivity index (χ3n) is 5.36. The number of nitrogen functional groups attached to an aromatic ring is 3. The third-order valence-corrected chi connectivity index (χ3v) is 6.28. The Morgan fingerprint density at radius 3 is 2.62 bits per heavy atom. The molecular formula is C20H19BN4S. The van der Waals surface area contributed by atoms with E-state index >= 15 is 0 Å². The summed E-state index contributed by atoms with van der Waals surface area (Å²) in [6.45, 7) is 2.02. The molecule has 2 heterocycles. The van der Waals surface area contributed by atoms with Gasteiger partial charge in [-0.2, -0.15) is 0 Å². The standard InChI is InChI=1S/C20H19BN4S/c22-14-7-8-15-17(18(14)23)11-3-1-2-4-12(11)19(25-15)10-5-6-13-16(9-10)26-20(24)21-13/h5-9H,1-4,22-24H2. The van der Waals surface area contributed by atoms with Gasteiger partial charge in [-0.05, 0) is 0 Å². The molecule has 0 bridgehead atoms. The molecule has 26 heavy (non-hydrogen) atoms. The van der Waals surface area contributed by atoms with Gasteiger partial charge in [0.25, 0.3) is 0 Å². The summed E-state index contributed by atoms with van der Waals surface area (Å²) in [5.74, 6) is 0. The molecule has 6 N–H and O–H groups in total. The van der Waals surface area contributed by atoms with Gasteiger partial charge in [-0.15, -0.1) is 0 Å². The Hall–Kier alpha value is -2.60. The summed E-state index contributed by atoms with van der Waals surface area (Å²) in [4.78, 5) is 5.85. The van der Waals surface area contributed by atoms with Gasteiger partial charge < -0.3 is 0 Å². The molecule has 0 saturated heterocycles. The van der Waals surface area contributed by atoms with E-state index in [2.05, 4.69) is 18.2 Å². The van der Waals surface area contributed by atoms with E-state index in [1.807, 2.05) is 19.0 Å². The minimum atomic E-state index is 0.635. The van der Waals surface area contributed by atoms with Crippen molar-refractivity contribution in [2.75, 3.05) is 17.2 Å². The number of pyridine rings is 1. The monoisotopic (exact) mass is 358 g/mol. The summed E-state index contributed by atoms with van der Waals surface area (Å²) >= 11 is 1.62. The zero-order valence-electron chi connectivity index (χ0n) is 14.4. The summed E-state index contributed by atoms with van der Waals surface area (Å²) in [5, 5.41) is 2.23. The van der Waals surface area contributed by atoms with E-state index in [4.69, 9.17) is 22.2 Å². The van der Waals surface area contributed by atoms with E-state index in [0.717, 1.165) is 39.9 Å². The fourth-order valence-corrected chi connectivity index (χ4v) is 4.97. The van der Waals surface area contributed by atoms with Crippen molar-refractivity contribution >= 4 is 55.4 Å². The number of nitrogens with two attached hydrogens (primary N) is 3. The van der Waals surface area contributed by atoms with Gasteiger partial charge >= 0.3 is 156 Å². The molecule has 4 aromatic rings. The normalized spacial score (nSPS) is 13.8.